The molecule has 0 radical (unpaired) electrons. The molecule has 2 rings (SSSR count). The summed E-state index contributed by atoms with van der Waals surface area (Å²) < 4.78 is 0. The van der Waals surface area contributed by atoms with Crippen LogP contribution in [0.2, 0.25) is 0 Å². The first-order chi connectivity index (χ1) is 8.99. The van der Waals surface area contributed by atoms with E-state index < -0.39 is 5.91 Å². The third-order valence-electron chi connectivity index (χ3n) is 3.24. The summed E-state index contributed by atoms with van der Waals surface area (Å²) in [6.07, 6.45) is 3.92. The number of pyridine rings is 1. The first-order valence-electron chi connectivity index (χ1n) is 6.27. The average molecular weight is 281 g/mol. The molecule has 0 saturated heterocycles. The minimum absolute atomic E-state index is 0.0802. The topological polar surface area (TPSA) is 94.4 Å². The van der Waals surface area contributed by atoms with Gasteiger partial charge in [-0.25, -0.2) is 0 Å². The molecule has 0 aromatic carbocycles. The number of aliphatic imine (C=N–C) groups is 1. The molecular weight excluding hydrogens is 264 g/mol. The third kappa shape index (κ3) is 3.04. The lowest BCUT2D eigenvalue weighted by atomic mass is 10.0. The highest BCUT2D eigenvalue weighted by molar-refractivity contribution is 6.20. The minimum Gasteiger partial charge on any atom is -0.370 e. The van der Waals surface area contributed by atoms with Crippen LogP contribution < -0.4 is 11.5 Å². The molecule has 0 bridgehead atoms. The zero-order valence-electron chi connectivity index (χ0n) is 10.8. The largest absolute Gasteiger partial charge is 0.370 e. The Hall–Kier alpha value is -1.62. The molecule has 0 fully saturated rings. The van der Waals surface area contributed by atoms with E-state index in [0.717, 1.165) is 36.9 Å². The molecule has 1 aliphatic carbocycles. The summed E-state index contributed by atoms with van der Waals surface area (Å²) in [6.45, 7) is 1.77. The molecule has 1 aliphatic rings. The molecule has 1 aromatic heterocycles. The lowest BCUT2D eigenvalue weighted by Gasteiger charge is -2.12. The van der Waals surface area contributed by atoms with Crippen molar-refractivity contribution in [2.75, 3.05) is 0 Å². The van der Waals surface area contributed by atoms with Gasteiger partial charge in [0.2, 0.25) is 0 Å². The molecule has 1 unspecified atom stereocenters. The van der Waals surface area contributed by atoms with Gasteiger partial charge in [0.1, 0.15) is 0 Å². The van der Waals surface area contributed by atoms with Gasteiger partial charge in [0, 0.05) is 0 Å². The van der Waals surface area contributed by atoms with E-state index in [1.54, 1.807) is 6.92 Å². The zero-order chi connectivity index (χ0) is 14.0. The number of carbonyl (C=O) groups excluding carboxylic acids is 1. The third-order valence-corrected chi connectivity index (χ3v) is 3.66. The second-order valence-electron chi connectivity index (χ2n) is 4.72. The molecule has 0 spiro atoms. The number of nitrogens with two attached hydrogens (primary N) is 2. The lowest BCUT2D eigenvalue weighted by molar-refractivity contribution is 0.100. The van der Waals surface area contributed by atoms with Crippen molar-refractivity contribution in [3.05, 3.63) is 28.6 Å². The Kier molecular flexibility index (Phi) is 4.04. The van der Waals surface area contributed by atoms with Gasteiger partial charge in [-0.05, 0) is 37.8 Å². The van der Waals surface area contributed by atoms with Gasteiger partial charge in [-0.1, -0.05) is 6.42 Å². The van der Waals surface area contributed by atoms with E-state index in [2.05, 4.69) is 9.98 Å². The molecule has 1 heterocycles. The second kappa shape index (κ2) is 5.57. The van der Waals surface area contributed by atoms with Gasteiger partial charge >= 0.3 is 0 Å². The van der Waals surface area contributed by atoms with E-state index in [0.29, 0.717) is 11.3 Å². The molecular formula is C13H17ClN4O. The Labute approximate surface area is 117 Å². The summed E-state index contributed by atoms with van der Waals surface area (Å²) in [4.78, 5) is 19.9. The summed E-state index contributed by atoms with van der Waals surface area (Å²) in [5.41, 5.74) is 13.4. The summed E-state index contributed by atoms with van der Waals surface area (Å²) in [7, 11) is 0. The molecule has 5 nitrogen and oxygen atoms in total. The normalized spacial score (nSPS) is 18.3. The number of aryl methyl sites for hydroxylation is 2. The van der Waals surface area contributed by atoms with Crippen LogP contribution in [0, 0.1) is 6.92 Å². The van der Waals surface area contributed by atoms with Crippen molar-refractivity contribution >= 4 is 23.5 Å². The van der Waals surface area contributed by atoms with Crippen LogP contribution in [0.4, 0.5) is 0 Å². The number of halogens is 1. The lowest BCUT2D eigenvalue weighted by Crippen LogP contribution is -2.24. The van der Waals surface area contributed by atoms with Gasteiger partial charge in [0.25, 0.3) is 5.91 Å². The highest BCUT2D eigenvalue weighted by Crippen LogP contribution is 2.33. The maximum atomic E-state index is 11.9. The monoisotopic (exact) mass is 280 g/mol. The van der Waals surface area contributed by atoms with Crippen molar-refractivity contribution in [3.8, 4) is 0 Å². The van der Waals surface area contributed by atoms with Crippen molar-refractivity contribution in [2.45, 2.75) is 38.0 Å². The van der Waals surface area contributed by atoms with E-state index >= 15 is 0 Å². The molecule has 1 amide bonds. The van der Waals surface area contributed by atoms with Gasteiger partial charge in [0.15, 0.2) is 5.96 Å². The summed E-state index contributed by atoms with van der Waals surface area (Å²) in [5.74, 6) is -0.697. The van der Waals surface area contributed by atoms with E-state index in [-0.39, 0.29) is 11.3 Å². The molecule has 6 heteroatoms. The van der Waals surface area contributed by atoms with Gasteiger partial charge in [-0.2, -0.15) is 4.99 Å². The quantitative estimate of drug-likeness (QED) is 0.355. The van der Waals surface area contributed by atoms with Gasteiger partial charge < -0.3 is 11.5 Å². The molecule has 1 aromatic rings. The maximum Gasteiger partial charge on any atom is 0.282 e. The maximum absolute atomic E-state index is 11.9. The van der Waals surface area contributed by atoms with Crippen LogP contribution in [-0.4, -0.2) is 16.9 Å². The number of alkyl halides is 1. The van der Waals surface area contributed by atoms with Crippen LogP contribution in [0.25, 0.3) is 0 Å². The van der Waals surface area contributed by atoms with E-state index in [9.17, 15) is 4.79 Å². The first kappa shape index (κ1) is 13.8. The van der Waals surface area contributed by atoms with Crippen molar-refractivity contribution in [3.63, 3.8) is 0 Å². The average Bonchev–Trinajstić information content (AvgIpc) is 2.50. The number of rotatable bonds is 1. The summed E-state index contributed by atoms with van der Waals surface area (Å²) in [5, 5.41) is -0.0802. The predicted octanol–water partition coefficient (Wildman–Crippen LogP) is 1.81. The first-order valence-corrected chi connectivity index (χ1v) is 6.71. The van der Waals surface area contributed by atoms with Crippen molar-refractivity contribution in [2.24, 2.45) is 16.5 Å². The summed E-state index contributed by atoms with van der Waals surface area (Å²) in [6, 6.07) is 1.83. The number of amides is 1. The van der Waals surface area contributed by atoms with Crippen LogP contribution in [0.15, 0.2) is 11.1 Å². The van der Waals surface area contributed by atoms with Crippen molar-refractivity contribution < 1.29 is 4.79 Å². The van der Waals surface area contributed by atoms with Crippen LogP contribution in [0.3, 0.4) is 0 Å². The van der Waals surface area contributed by atoms with Gasteiger partial charge in [-0.15, -0.1) is 11.6 Å². The smallest absolute Gasteiger partial charge is 0.282 e. The van der Waals surface area contributed by atoms with Gasteiger partial charge in [0.05, 0.1) is 22.3 Å². The Morgan fingerprint density at radius 3 is 2.89 bits per heavy atom. The second-order valence-corrected chi connectivity index (χ2v) is 5.25. The molecule has 19 heavy (non-hydrogen) atoms. The van der Waals surface area contributed by atoms with Crippen LogP contribution in [0.1, 0.15) is 51.9 Å². The molecule has 4 N–H and O–H groups in total. The predicted molar refractivity (Wildman–Crippen MR) is 75.3 cm³/mol. The SMILES string of the molecule is Cc1nc2c(cc1C(=O)N=C(N)N)CCCCC2Cl. The number of hydrogen-bond acceptors (Lipinski definition) is 2. The fourth-order valence-electron chi connectivity index (χ4n) is 2.31. The molecule has 0 saturated carbocycles. The zero-order valence-corrected chi connectivity index (χ0v) is 11.6. The Morgan fingerprint density at radius 1 is 1.47 bits per heavy atom. The minimum atomic E-state index is -0.455. The Morgan fingerprint density at radius 2 is 2.21 bits per heavy atom. The number of aromatic nitrogens is 1. The van der Waals surface area contributed by atoms with E-state index in [1.807, 2.05) is 6.07 Å². The van der Waals surface area contributed by atoms with Crippen LogP contribution >= 0.6 is 11.6 Å². The van der Waals surface area contributed by atoms with Gasteiger partial charge in [-0.3, -0.25) is 9.78 Å². The highest BCUT2D eigenvalue weighted by atomic mass is 35.5. The number of hydrogen-bond donors (Lipinski definition) is 2. The Bertz CT molecular complexity index is 538. The number of nitrogens with zero attached hydrogens (tertiary/aromatic N) is 2. The fourth-order valence-corrected chi connectivity index (χ4v) is 2.65. The standard InChI is InChI=1S/C13H17ClN4O/c1-7-9(12(19)18-13(15)16)6-8-4-2-3-5-10(14)11(8)17-7/h6,10H,2-5H2,1H3,(H4,15,16,18,19). The van der Waals surface area contributed by atoms with Crippen LogP contribution in [-0.2, 0) is 6.42 Å². The molecule has 102 valence electrons. The van der Waals surface area contributed by atoms with E-state index in [1.165, 1.54) is 0 Å². The highest BCUT2D eigenvalue weighted by Gasteiger charge is 2.21. The van der Waals surface area contributed by atoms with E-state index in [4.69, 9.17) is 23.1 Å². The Balaban J connectivity index is 2.46. The fraction of sp³-hybridized carbons (Fsp3) is 0.462. The number of guanidine groups is 1. The summed E-state index contributed by atoms with van der Waals surface area (Å²) >= 11 is 6.32. The van der Waals surface area contributed by atoms with Crippen LogP contribution in [0.5, 0.6) is 0 Å². The van der Waals surface area contributed by atoms with Crippen molar-refractivity contribution in [1.29, 1.82) is 0 Å². The molecule has 1 atom stereocenters. The number of carbonyl (C=O) groups is 1. The van der Waals surface area contributed by atoms with Crippen molar-refractivity contribution in [1.82, 2.24) is 4.98 Å². The molecule has 0 aliphatic heterocycles. The number of fused-ring (bicyclic) bond motifs is 1.